The SMILES string of the molecule is N/C(=C1/CCCO1)c1ccc(O)cc1. The van der Waals surface area contributed by atoms with E-state index in [1.807, 2.05) is 0 Å². The molecule has 1 heterocycles. The minimum atomic E-state index is 0.249. The van der Waals surface area contributed by atoms with Crippen molar-refractivity contribution in [2.75, 3.05) is 6.61 Å². The molecule has 14 heavy (non-hydrogen) atoms. The van der Waals surface area contributed by atoms with E-state index in [2.05, 4.69) is 0 Å². The minimum Gasteiger partial charge on any atom is -0.508 e. The molecule has 3 nitrogen and oxygen atoms in total. The maximum absolute atomic E-state index is 9.12. The van der Waals surface area contributed by atoms with Crippen LogP contribution in [0.3, 0.4) is 0 Å². The summed E-state index contributed by atoms with van der Waals surface area (Å²) in [6.45, 7) is 0.758. The number of nitrogens with two attached hydrogens (primary N) is 1. The molecule has 0 atom stereocenters. The molecule has 3 heteroatoms. The maximum atomic E-state index is 9.12. The zero-order valence-corrected chi connectivity index (χ0v) is 7.86. The van der Waals surface area contributed by atoms with E-state index in [-0.39, 0.29) is 5.75 Å². The van der Waals surface area contributed by atoms with Crippen molar-refractivity contribution in [2.45, 2.75) is 12.8 Å². The largest absolute Gasteiger partial charge is 0.508 e. The van der Waals surface area contributed by atoms with Gasteiger partial charge in [-0.15, -0.1) is 0 Å². The van der Waals surface area contributed by atoms with E-state index in [1.165, 1.54) is 0 Å². The lowest BCUT2D eigenvalue weighted by atomic mass is 10.1. The second kappa shape index (κ2) is 3.62. The van der Waals surface area contributed by atoms with E-state index in [4.69, 9.17) is 15.6 Å². The number of aromatic hydroxyl groups is 1. The van der Waals surface area contributed by atoms with Crippen molar-refractivity contribution in [1.82, 2.24) is 0 Å². The third kappa shape index (κ3) is 1.66. The van der Waals surface area contributed by atoms with Crippen molar-refractivity contribution >= 4 is 5.70 Å². The molecule has 1 aliphatic heterocycles. The Bertz CT molecular complexity index is 346. The van der Waals surface area contributed by atoms with Crippen LogP contribution in [-0.2, 0) is 4.74 Å². The van der Waals surface area contributed by atoms with Gasteiger partial charge in [0, 0.05) is 12.0 Å². The van der Waals surface area contributed by atoms with Crippen molar-refractivity contribution in [2.24, 2.45) is 5.73 Å². The Labute approximate surface area is 82.8 Å². The summed E-state index contributed by atoms with van der Waals surface area (Å²) in [7, 11) is 0. The number of phenolic OH excluding ortho intramolecular Hbond substituents is 1. The molecule has 1 saturated heterocycles. The maximum Gasteiger partial charge on any atom is 0.120 e. The van der Waals surface area contributed by atoms with Gasteiger partial charge in [0.25, 0.3) is 0 Å². The summed E-state index contributed by atoms with van der Waals surface area (Å²) in [5.74, 6) is 1.12. The summed E-state index contributed by atoms with van der Waals surface area (Å²) >= 11 is 0. The smallest absolute Gasteiger partial charge is 0.120 e. The second-order valence-electron chi connectivity index (χ2n) is 3.34. The minimum absolute atomic E-state index is 0.249. The van der Waals surface area contributed by atoms with Crippen LogP contribution in [0, 0.1) is 0 Å². The van der Waals surface area contributed by atoms with Crippen molar-refractivity contribution in [3.8, 4) is 5.75 Å². The molecular formula is C11H13NO2. The van der Waals surface area contributed by atoms with Crippen molar-refractivity contribution in [3.63, 3.8) is 0 Å². The first-order chi connectivity index (χ1) is 6.77. The van der Waals surface area contributed by atoms with Gasteiger partial charge in [-0.2, -0.15) is 0 Å². The molecule has 0 spiro atoms. The van der Waals surface area contributed by atoms with E-state index in [9.17, 15) is 0 Å². The Morgan fingerprint density at radius 1 is 1.29 bits per heavy atom. The van der Waals surface area contributed by atoms with E-state index >= 15 is 0 Å². The normalized spacial score (nSPS) is 19.1. The summed E-state index contributed by atoms with van der Waals surface area (Å²) < 4.78 is 5.39. The molecule has 1 aromatic carbocycles. The molecule has 0 aliphatic carbocycles. The zero-order chi connectivity index (χ0) is 9.97. The lowest BCUT2D eigenvalue weighted by molar-refractivity contribution is 0.264. The van der Waals surface area contributed by atoms with Gasteiger partial charge in [0.05, 0.1) is 12.3 Å². The predicted octanol–water partition coefficient (Wildman–Crippen LogP) is 1.83. The fraction of sp³-hybridized carbons (Fsp3) is 0.273. The highest BCUT2D eigenvalue weighted by atomic mass is 16.5. The Kier molecular flexibility index (Phi) is 2.31. The molecule has 0 unspecified atom stereocenters. The summed E-state index contributed by atoms with van der Waals surface area (Å²) in [6.07, 6.45) is 1.95. The van der Waals surface area contributed by atoms with Gasteiger partial charge in [0.15, 0.2) is 0 Å². The fourth-order valence-corrected chi connectivity index (χ4v) is 1.51. The Balaban J connectivity index is 2.30. The standard InChI is InChI=1S/C11H13NO2/c12-11(10-2-1-7-14-10)8-3-5-9(13)6-4-8/h3-6,13H,1-2,7,12H2/b11-10-. The van der Waals surface area contributed by atoms with E-state index < -0.39 is 0 Å². The predicted molar refractivity (Wildman–Crippen MR) is 54.4 cm³/mol. The molecule has 0 amide bonds. The van der Waals surface area contributed by atoms with Crippen LogP contribution < -0.4 is 5.73 Å². The molecular weight excluding hydrogens is 178 g/mol. The number of phenols is 1. The average Bonchev–Trinajstić information content (AvgIpc) is 2.71. The molecule has 0 radical (unpaired) electrons. The first-order valence-electron chi connectivity index (χ1n) is 4.68. The van der Waals surface area contributed by atoms with Crippen molar-refractivity contribution in [1.29, 1.82) is 0 Å². The molecule has 0 aromatic heterocycles. The Hall–Kier alpha value is -1.64. The van der Waals surface area contributed by atoms with Crippen molar-refractivity contribution < 1.29 is 9.84 Å². The third-order valence-corrected chi connectivity index (χ3v) is 2.30. The van der Waals surface area contributed by atoms with Crippen LogP contribution in [0.1, 0.15) is 18.4 Å². The Morgan fingerprint density at radius 2 is 2.00 bits per heavy atom. The van der Waals surface area contributed by atoms with E-state index in [0.717, 1.165) is 30.8 Å². The second-order valence-corrected chi connectivity index (χ2v) is 3.34. The van der Waals surface area contributed by atoms with Gasteiger partial charge in [-0.05, 0) is 30.7 Å². The molecule has 74 valence electrons. The number of benzene rings is 1. The quantitative estimate of drug-likeness (QED) is 0.712. The van der Waals surface area contributed by atoms with Gasteiger partial charge in [0.2, 0.25) is 0 Å². The Morgan fingerprint density at radius 3 is 2.57 bits per heavy atom. The van der Waals surface area contributed by atoms with Gasteiger partial charge in [0.1, 0.15) is 11.5 Å². The highest BCUT2D eigenvalue weighted by molar-refractivity contribution is 5.65. The summed E-state index contributed by atoms with van der Waals surface area (Å²) in [4.78, 5) is 0. The zero-order valence-electron chi connectivity index (χ0n) is 7.86. The van der Waals surface area contributed by atoms with Crippen LogP contribution in [0.2, 0.25) is 0 Å². The van der Waals surface area contributed by atoms with Crippen LogP contribution in [0.4, 0.5) is 0 Å². The molecule has 3 N–H and O–H groups in total. The van der Waals surface area contributed by atoms with Gasteiger partial charge in [-0.25, -0.2) is 0 Å². The van der Waals surface area contributed by atoms with Crippen molar-refractivity contribution in [3.05, 3.63) is 35.6 Å². The monoisotopic (exact) mass is 191 g/mol. The first-order valence-corrected chi connectivity index (χ1v) is 4.68. The topological polar surface area (TPSA) is 55.5 Å². The molecule has 0 saturated carbocycles. The summed E-state index contributed by atoms with van der Waals surface area (Å²) in [5, 5.41) is 9.12. The summed E-state index contributed by atoms with van der Waals surface area (Å²) in [5.41, 5.74) is 7.51. The van der Waals surface area contributed by atoms with E-state index in [1.54, 1.807) is 24.3 Å². The van der Waals surface area contributed by atoms with E-state index in [0.29, 0.717) is 5.70 Å². The van der Waals surface area contributed by atoms with Gasteiger partial charge in [-0.1, -0.05) is 0 Å². The molecule has 2 rings (SSSR count). The third-order valence-electron chi connectivity index (χ3n) is 2.30. The molecule has 1 aliphatic rings. The van der Waals surface area contributed by atoms with Gasteiger partial charge in [-0.3, -0.25) is 0 Å². The number of allylic oxidation sites excluding steroid dienone is 1. The van der Waals surface area contributed by atoms with Gasteiger partial charge >= 0.3 is 0 Å². The van der Waals surface area contributed by atoms with Crippen LogP contribution in [0.15, 0.2) is 30.0 Å². The highest BCUT2D eigenvalue weighted by Gasteiger charge is 2.12. The van der Waals surface area contributed by atoms with Crippen LogP contribution in [-0.4, -0.2) is 11.7 Å². The van der Waals surface area contributed by atoms with Crippen LogP contribution >= 0.6 is 0 Å². The fourth-order valence-electron chi connectivity index (χ4n) is 1.51. The number of ether oxygens (including phenoxy) is 1. The molecule has 0 bridgehead atoms. The first kappa shape index (κ1) is 8.94. The van der Waals surface area contributed by atoms with Gasteiger partial charge < -0.3 is 15.6 Å². The van der Waals surface area contributed by atoms with Crippen LogP contribution in [0.25, 0.3) is 5.70 Å². The lowest BCUT2D eigenvalue weighted by Crippen LogP contribution is -2.00. The molecule has 1 fully saturated rings. The number of hydrogen-bond donors (Lipinski definition) is 2. The van der Waals surface area contributed by atoms with Crippen LogP contribution in [0.5, 0.6) is 5.75 Å². The molecule has 1 aromatic rings. The highest BCUT2D eigenvalue weighted by Crippen LogP contribution is 2.24. The number of hydrogen-bond acceptors (Lipinski definition) is 3. The average molecular weight is 191 g/mol. The lowest BCUT2D eigenvalue weighted by Gasteiger charge is -2.06. The number of rotatable bonds is 1. The summed E-state index contributed by atoms with van der Waals surface area (Å²) in [6, 6.07) is 6.83.